The number of ether oxygens (including phenoxy) is 1. The van der Waals surface area contributed by atoms with Gasteiger partial charge in [0.1, 0.15) is 18.7 Å². The highest BCUT2D eigenvalue weighted by Gasteiger charge is 2.50. The Labute approximate surface area is 182 Å². The number of aliphatic imine (C=N–C) groups is 1. The smallest absolute Gasteiger partial charge is 0.338 e. The van der Waals surface area contributed by atoms with E-state index in [1.165, 1.54) is 25.1 Å². The van der Waals surface area contributed by atoms with E-state index in [2.05, 4.69) is 10.3 Å². The van der Waals surface area contributed by atoms with E-state index in [4.69, 9.17) is 21.3 Å². The van der Waals surface area contributed by atoms with E-state index in [-0.39, 0.29) is 29.4 Å². The number of esters is 1. The molecule has 166 valence electrons. The molecule has 32 heavy (non-hydrogen) atoms. The molecule has 0 bridgehead atoms. The summed E-state index contributed by atoms with van der Waals surface area (Å²) in [5.41, 5.74) is 10.5. The van der Waals surface area contributed by atoms with E-state index >= 15 is 0 Å². The quantitative estimate of drug-likeness (QED) is 0.212. The third-order valence-corrected chi connectivity index (χ3v) is 4.80. The molecule has 11 nitrogen and oxygen atoms in total. The van der Waals surface area contributed by atoms with Crippen molar-refractivity contribution in [3.63, 3.8) is 0 Å². The van der Waals surface area contributed by atoms with Gasteiger partial charge >= 0.3 is 18.0 Å². The number of hydrogen-bond donors (Lipinski definition) is 4. The number of carbonyl (C=O) groups is 4. The number of carboxylic acid groups (broad SMARTS) is 1. The number of amides is 3. The molecule has 0 aliphatic carbocycles. The zero-order chi connectivity index (χ0) is 23.5. The number of carboxylic acids is 1. The van der Waals surface area contributed by atoms with Crippen LogP contribution in [0.1, 0.15) is 28.4 Å². The number of urea groups is 1. The van der Waals surface area contributed by atoms with E-state index < -0.39 is 36.0 Å². The summed E-state index contributed by atoms with van der Waals surface area (Å²) in [5.74, 6) is -3.13. The maximum atomic E-state index is 12.9. The van der Waals surface area contributed by atoms with Gasteiger partial charge in [-0.1, -0.05) is 36.4 Å². The molecule has 0 spiro atoms. The molecule has 0 unspecified atom stereocenters. The molecule has 0 aromatic heterocycles. The third kappa shape index (κ3) is 4.51. The van der Waals surface area contributed by atoms with Gasteiger partial charge in [0.2, 0.25) is 0 Å². The van der Waals surface area contributed by atoms with Crippen LogP contribution >= 0.6 is 0 Å². The monoisotopic (exact) mass is 439 g/mol. The van der Waals surface area contributed by atoms with Crippen molar-refractivity contribution >= 4 is 35.5 Å². The summed E-state index contributed by atoms with van der Waals surface area (Å²) in [6.45, 7) is 0.640. The van der Waals surface area contributed by atoms with Crippen molar-refractivity contribution in [3.05, 3.63) is 65.2 Å². The Kier molecular flexibility index (Phi) is 6.10. The Hall–Kier alpha value is -4.41. The lowest BCUT2D eigenvalue weighted by Gasteiger charge is -2.24. The van der Waals surface area contributed by atoms with Crippen molar-refractivity contribution < 1.29 is 29.0 Å². The van der Waals surface area contributed by atoms with E-state index in [0.717, 1.165) is 5.56 Å². The second kappa shape index (κ2) is 8.76. The van der Waals surface area contributed by atoms with Gasteiger partial charge in [0.25, 0.3) is 5.91 Å². The number of benzene rings is 2. The summed E-state index contributed by atoms with van der Waals surface area (Å²) in [6, 6.07) is 12.3. The lowest BCUT2D eigenvalue weighted by molar-refractivity contribution is -0.142. The summed E-state index contributed by atoms with van der Waals surface area (Å²) >= 11 is 0. The fourth-order valence-electron chi connectivity index (χ4n) is 3.28. The summed E-state index contributed by atoms with van der Waals surface area (Å²) in [7, 11) is 0. The van der Waals surface area contributed by atoms with E-state index in [0.29, 0.717) is 4.90 Å². The Morgan fingerprint density at radius 3 is 2.47 bits per heavy atom. The molecular formula is C21H21N5O6. The summed E-state index contributed by atoms with van der Waals surface area (Å²) in [5, 5.41) is 11.4. The van der Waals surface area contributed by atoms with Crippen LogP contribution in [-0.2, 0) is 26.5 Å². The fraction of sp³-hybridized carbons (Fsp3) is 0.190. The molecule has 11 heteroatoms. The molecule has 6 N–H and O–H groups in total. The van der Waals surface area contributed by atoms with Crippen molar-refractivity contribution in [2.45, 2.75) is 19.1 Å². The number of guanidine groups is 1. The molecule has 0 radical (unpaired) electrons. The maximum Gasteiger partial charge on any atom is 0.338 e. The lowest BCUT2D eigenvalue weighted by atomic mass is 9.89. The van der Waals surface area contributed by atoms with Crippen LogP contribution in [0.2, 0.25) is 0 Å². The van der Waals surface area contributed by atoms with Crippen LogP contribution in [0.4, 0.5) is 10.5 Å². The molecule has 1 heterocycles. The molecule has 3 amide bonds. The molecular weight excluding hydrogens is 418 g/mol. The standard InChI is InChI=1S/C21H21N5O6/c1-21(18(30)26(10-16(27)28)20(31)25-21)14-8-7-13(9-15(14)24-19(22)23)17(29)32-11-12-5-3-2-4-6-12/h2-9H,10-11H2,1H3,(H,25,31)(H,27,28)(H4,22,23,24)/t21-/m1/s1. The topological polar surface area (TPSA) is 177 Å². The molecule has 1 atom stereocenters. The van der Waals surface area contributed by atoms with Crippen molar-refractivity contribution in [1.29, 1.82) is 0 Å². The van der Waals surface area contributed by atoms with Gasteiger partial charge in [0, 0.05) is 5.56 Å². The highest BCUT2D eigenvalue weighted by Crippen LogP contribution is 2.36. The first-order chi connectivity index (χ1) is 15.1. The minimum atomic E-state index is -1.65. The van der Waals surface area contributed by atoms with E-state index in [1.807, 2.05) is 18.2 Å². The highest BCUT2D eigenvalue weighted by atomic mass is 16.5. The van der Waals surface area contributed by atoms with Crippen LogP contribution in [0, 0.1) is 0 Å². The van der Waals surface area contributed by atoms with Crippen molar-refractivity contribution in [2.75, 3.05) is 6.54 Å². The fourth-order valence-corrected chi connectivity index (χ4v) is 3.28. The first-order valence-electron chi connectivity index (χ1n) is 9.43. The van der Waals surface area contributed by atoms with Gasteiger partial charge in [-0.3, -0.25) is 14.5 Å². The van der Waals surface area contributed by atoms with Gasteiger partial charge in [-0.2, -0.15) is 0 Å². The first kappa shape index (κ1) is 22.3. The Balaban J connectivity index is 1.93. The molecule has 0 saturated carbocycles. The minimum Gasteiger partial charge on any atom is -0.480 e. The average Bonchev–Trinajstić information content (AvgIpc) is 2.95. The van der Waals surface area contributed by atoms with Crippen LogP contribution in [0.15, 0.2) is 53.5 Å². The number of carbonyl (C=O) groups excluding carboxylic acids is 3. The summed E-state index contributed by atoms with van der Waals surface area (Å²) < 4.78 is 5.30. The number of nitrogens with two attached hydrogens (primary N) is 2. The van der Waals surface area contributed by atoms with Crippen LogP contribution in [-0.4, -0.2) is 46.4 Å². The molecule has 1 fully saturated rings. The number of aliphatic carboxylic acids is 1. The number of rotatable bonds is 7. The average molecular weight is 439 g/mol. The summed E-state index contributed by atoms with van der Waals surface area (Å²) in [4.78, 5) is 53.2. The minimum absolute atomic E-state index is 0.0486. The Morgan fingerprint density at radius 2 is 1.84 bits per heavy atom. The second-order valence-corrected chi connectivity index (χ2v) is 7.17. The second-order valence-electron chi connectivity index (χ2n) is 7.17. The predicted molar refractivity (Wildman–Crippen MR) is 113 cm³/mol. The zero-order valence-corrected chi connectivity index (χ0v) is 17.1. The SMILES string of the molecule is C[C@]1(c2ccc(C(=O)OCc3ccccc3)cc2N=C(N)N)NC(=O)N(CC(=O)O)C1=O. The lowest BCUT2D eigenvalue weighted by Crippen LogP contribution is -2.41. The van der Waals surface area contributed by atoms with E-state index in [1.54, 1.807) is 12.1 Å². The van der Waals surface area contributed by atoms with Crippen LogP contribution in [0.25, 0.3) is 0 Å². The largest absolute Gasteiger partial charge is 0.480 e. The molecule has 1 aliphatic heterocycles. The zero-order valence-electron chi connectivity index (χ0n) is 17.1. The van der Waals surface area contributed by atoms with Gasteiger partial charge in [-0.25, -0.2) is 14.6 Å². The number of imide groups is 1. The number of nitrogens with one attached hydrogen (secondary N) is 1. The molecule has 2 aromatic rings. The highest BCUT2D eigenvalue weighted by molar-refractivity contribution is 6.09. The van der Waals surface area contributed by atoms with Gasteiger partial charge < -0.3 is 26.6 Å². The molecule has 2 aromatic carbocycles. The van der Waals surface area contributed by atoms with Crippen molar-refractivity contribution in [2.24, 2.45) is 16.5 Å². The van der Waals surface area contributed by atoms with Crippen LogP contribution in [0.5, 0.6) is 0 Å². The van der Waals surface area contributed by atoms with Gasteiger partial charge in [0.05, 0.1) is 11.3 Å². The number of nitrogens with zero attached hydrogens (tertiary/aromatic N) is 2. The van der Waals surface area contributed by atoms with Gasteiger partial charge in [0.15, 0.2) is 5.96 Å². The Bertz CT molecular complexity index is 1110. The third-order valence-electron chi connectivity index (χ3n) is 4.80. The first-order valence-corrected chi connectivity index (χ1v) is 9.43. The van der Waals surface area contributed by atoms with Crippen molar-refractivity contribution in [1.82, 2.24) is 10.2 Å². The van der Waals surface area contributed by atoms with Crippen molar-refractivity contribution in [3.8, 4) is 0 Å². The molecule has 1 aliphatic rings. The van der Waals surface area contributed by atoms with Crippen LogP contribution in [0.3, 0.4) is 0 Å². The predicted octanol–water partition coefficient (Wildman–Crippen LogP) is 0.800. The summed E-state index contributed by atoms with van der Waals surface area (Å²) in [6.07, 6.45) is 0. The number of hydrogen-bond acceptors (Lipinski definition) is 6. The van der Waals surface area contributed by atoms with Gasteiger partial charge in [-0.05, 0) is 24.6 Å². The Morgan fingerprint density at radius 1 is 1.16 bits per heavy atom. The van der Waals surface area contributed by atoms with Gasteiger partial charge in [-0.15, -0.1) is 0 Å². The molecule has 3 rings (SSSR count). The molecule has 1 saturated heterocycles. The van der Waals surface area contributed by atoms with E-state index in [9.17, 15) is 19.2 Å². The van der Waals surface area contributed by atoms with Crippen LogP contribution < -0.4 is 16.8 Å². The maximum absolute atomic E-state index is 12.9. The normalized spacial score (nSPS) is 17.6.